The Hall–Kier alpha value is -3.54. The van der Waals surface area contributed by atoms with Crippen molar-refractivity contribution < 1.29 is 23.5 Å². The Morgan fingerprint density at radius 1 is 1.16 bits per heavy atom. The molecule has 5 N–H and O–H groups in total. The Morgan fingerprint density at radius 3 is 2.37 bits per heavy atom. The zero-order valence-corrected chi connectivity index (χ0v) is 23.0. The Bertz CT molecular complexity index is 1340. The van der Waals surface area contributed by atoms with Gasteiger partial charge in [0, 0.05) is 23.4 Å². The highest BCUT2D eigenvalue weighted by molar-refractivity contribution is 7.18. The maximum absolute atomic E-state index is 14.2. The Balaban J connectivity index is 1.80. The third kappa shape index (κ3) is 7.06. The molecule has 0 saturated heterocycles. The number of thiazole rings is 1. The number of anilines is 3. The van der Waals surface area contributed by atoms with E-state index in [1.807, 2.05) is 20.8 Å². The highest BCUT2D eigenvalue weighted by atomic mass is 35.5. The number of rotatable bonds is 10. The van der Waals surface area contributed by atoms with Crippen molar-refractivity contribution in [2.45, 2.75) is 39.3 Å². The molecule has 0 bridgehead atoms. The summed E-state index contributed by atoms with van der Waals surface area (Å²) >= 11 is 6.73. The number of nitrogen functional groups attached to an aromatic ring is 1. The van der Waals surface area contributed by atoms with E-state index in [4.69, 9.17) is 27.8 Å². The molecule has 3 aromatic rings. The van der Waals surface area contributed by atoms with Crippen LogP contribution in [0.4, 0.5) is 21.0 Å². The minimum Gasteiger partial charge on any atom is -0.382 e. The normalized spacial score (nSPS) is 12.2. The number of halogens is 2. The van der Waals surface area contributed by atoms with E-state index in [1.165, 1.54) is 48.2 Å². The number of nitrogens with two attached hydrogens (primary N) is 2. The average Bonchev–Trinajstić information content (AvgIpc) is 3.23. The van der Waals surface area contributed by atoms with Crippen LogP contribution in [0.2, 0.25) is 5.02 Å². The summed E-state index contributed by atoms with van der Waals surface area (Å²) in [5.41, 5.74) is 12.2. The molecule has 0 spiro atoms. The van der Waals surface area contributed by atoms with Crippen molar-refractivity contribution in [1.29, 1.82) is 0 Å². The smallest absolute Gasteiger partial charge is 0.251 e. The van der Waals surface area contributed by atoms with Gasteiger partial charge in [-0.25, -0.2) is 9.37 Å². The molecule has 0 radical (unpaired) electrons. The topological polar surface area (TPSA) is 141 Å². The van der Waals surface area contributed by atoms with Crippen molar-refractivity contribution in [3.05, 3.63) is 69.3 Å². The van der Waals surface area contributed by atoms with E-state index in [9.17, 15) is 18.8 Å². The lowest BCUT2D eigenvalue weighted by Crippen LogP contribution is -2.40. The number of primary amides is 1. The molecule has 0 aliphatic heterocycles. The summed E-state index contributed by atoms with van der Waals surface area (Å²) in [7, 11) is 0. The summed E-state index contributed by atoms with van der Waals surface area (Å²) in [6.45, 7) is 8.01. The molecule has 0 fully saturated rings. The lowest BCUT2D eigenvalue weighted by Gasteiger charge is -2.26. The van der Waals surface area contributed by atoms with E-state index in [0.717, 1.165) is 17.4 Å². The fourth-order valence-electron chi connectivity index (χ4n) is 3.38. The molecule has 0 aliphatic carbocycles. The van der Waals surface area contributed by atoms with Crippen LogP contribution in [0, 0.1) is 5.82 Å². The lowest BCUT2D eigenvalue weighted by atomic mass is 10.1. The van der Waals surface area contributed by atoms with Crippen molar-refractivity contribution in [1.82, 2.24) is 10.3 Å². The van der Waals surface area contributed by atoms with Crippen LogP contribution in [0.5, 0.6) is 0 Å². The molecule has 0 saturated carbocycles. The molecule has 0 unspecified atom stereocenters. The number of hydrogen-bond donors (Lipinski definition) is 3. The number of aromatic nitrogens is 1. The summed E-state index contributed by atoms with van der Waals surface area (Å²) in [4.78, 5) is 43.4. The second kappa shape index (κ2) is 11.9. The maximum atomic E-state index is 14.2. The van der Waals surface area contributed by atoms with Crippen molar-refractivity contribution in [2.24, 2.45) is 5.73 Å². The maximum Gasteiger partial charge on any atom is 0.251 e. The number of nitrogens with zero attached hydrogens (tertiary/aromatic N) is 2. The van der Waals surface area contributed by atoms with Gasteiger partial charge >= 0.3 is 0 Å². The van der Waals surface area contributed by atoms with Gasteiger partial charge in [-0.2, -0.15) is 0 Å². The van der Waals surface area contributed by atoms with E-state index in [0.29, 0.717) is 18.7 Å². The van der Waals surface area contributed by atoms with E-state index in [1.54, 1.807) is 0 Å². The molecule has 202 valence electrons. The number of carbonyl (C=O) groups is 3. The van der Waals surface area contributed by atoms with Gasteiger partial charge in [0.2, 0.25) is 11.7 Å². The number of amides is 2. The van der Waals surface area contributed by atoms with Crippen molar-refractivity contribution >= 4 is 57.2 Å². The number of benzene rings is 2. The van der Waals surface area contributed by atoms with Crippen molar-refractivity contribution in [3.8, 4) is 0 Å². The molecule has 0 aliphatic rings. The summed E-state index contributed by atoms with van der Waals surface area (Å²) in [5, 5.41) is 2.85. The number of hydrogen-bond acceptors (Lipinski definition) is 8. The SMILES string of the molecule is C[C@H](C(N)=O)N(c1ccc(Cl)c(F)c1)c1nc(N)c(C(=O)c2ccc(C(=O)NCCOC(C)(C)C)cc2)s1. The van der Waals surface area contributed by atoms with Crippen molar-refractivity contribution in [3.63, 3.8) is 0 Å². The fourth-order valence-corrected chi connectivity index (χ4v) is 4.54. The van der Waals surface area contributed by atoms with Crippen LogP contribution in [0.25, 0.3) is 0 Å². The first-order valence-corrected chi connectivity index (χ1v) is 12.8. The van der Waals surface area contributed by atoms with Crippen LogP contribution in [-0.2, 0) is 9.53 Å². The zero-order valence-electron chi connectivity index (χ0n) is 21.4. The van der Waals surface area contributed by atoms with Crippen LogP contribution in [0.15, 0.2) is 42.5 Å². The third-order valence-corrected chi connectivity index (χ3v) is 6.74. The molecular weight excluding hydrogens is 533 g/mol. The van der Waals surface area contributed by atoms with Crippen molar-refractivity contribution in [2.75, 3.05) is 23.8 Å². The monoisotopic (exact) mass is 561 g/mol. The lowest BCUT2D eigenvalue weighted by molar-refractivity contribution is -0.118. The van der Waals surface area contributed by atoms with Gasteiger partial charge in [-0.3, -0.25) is 14.4 Å². The summed E-state index contributed by atoms with van der Waals surface area (Å²) in [6.07, 6.45) is 0. The number of ether oxygens (including phenoxy) is 1. The van der Waals surface area contributed by atoms with E-state index < -0.39 is 23.5 Å². The van der Waals surface area contributed by atoms with Crippen LogP contribution in [0.3, 0.4) is 0 Å². The third-order valence-electron chi connectivity index (χ3n) is 5.37. The van der Waals surface area contributed by atoms with Gasteiger partial charge in [0.25, 0.3) is 5.91 Å². The zero-order chi connectivity index (χ0) is 28.2. The largest absolute Gasteiger partial charge is 0.382 e. The molecule has 2 amide bonds. The van der Waals surface area contributed by atoms with Gasteiger partial charge in [-0.05, 0) is 58.0 Å². The average molecular weight is 562 g/mol. The highest BCUT2D eigenvalue weighted by Gasteiger charge is 2.28. The van der Waals surface area contributed by atoms with E-state index >= 15 is 0 Å². The number of nitrogens with one attached hydrogen (secondary N) is 1. The van der Waals surface area contributed by atoms with Gasteiger partial charge in [-0.15, -0.1) is 0 Å². The van der Waals surface area contributed by atoms with Crippen LogP contribution < -0.4 is 21.7 Å². The molecule has 12 heteroatoms. The summed E-state index contributed by atoms with van der Waals surface area (Å²) in [5.74, 6) is -2.18. The molecule has 1 heterocycles. The van der Waals surface area contributed by atoms with Crippen LogP contribution in [0.1, 0.15) is 53.3 Å². The first-order valence-electron chi connectivity index (χ1n) is 11.7. The molecule has 3 rings (SSSR count). The van der Waals surface area contributed by atoms with Gasteiger partial charge in [0.1, 0.15) is 22.6 Å². The molecule has 38 heavy (non-hydrogen) atoms. The Labute approximate surface area is 228 Å². The fraction of sp³-hybridized carbons (Fsp3) is 0.308. The summed E-state index contributed by atoms with van der Waals surface area (Å²) < 4.78 is 19.8. The predicted molar refractivity (Wildman–Crippen MR) is 147 cm³/mol. The van der Waals surface area contributed by atoms with Crippen LogP contribution in [-0.4, -0.2) is 47.4 Å². The van der Waals surface area contributed by atoms with Gasteiger partial charge in [0.05, 0.1) is 17.2 Å². The van der Waals surface area contributed by atoms with Gasteiger partial charge < -0.3 is 26.4 Å². The molecule has 1 atom stereocenters. The Kier molecular flexibility index (Phi) is 9.08. The Morgan fingerprint density at radius 2 is 1.79 bits per heavy atom. The van der Waals surface area contributed by atoms with E-state index in [2.05, 4.69) is 10.3 Å². The van der Waals surface area contributed by atoms with Gasteiger partial charge in [-0.1, -0.05) is 35.1 Å². The predicted octanol–water partition coefficient (Wildman–Crippen LogP) is 4.31. The van der Waals surface area contributed by atoms with E-state index in [-0.39, 0.29) is 43.6 Å². The van der Waals surface area contributed by atoms with Gasteiger partial charge in [0.15, 0.2) is 5.13 Å². The summed E-state index contributed by atoms with van der Waals surface area (Å²) in [6, 6.07) is 9.14. The van der Waals surface area contributed by atoms with Crippen LogP contribution >= 0.6 is 22.9 Å². The number of carbonyl (C=O) groups excluding carboxylic acids is 3. The highest BCUT2D eigenvalue weighted by Crippen LogP contribution is 2.36. The number of ketones is 1. The molecule has 1 aromatic heterocycles. The molecular formula is C26H29ClFN5O4S. The first-order chi connectivity index (χ1) is 17.8. The second-order valence-corrected chi connectivity index (χ2v) is 10.8. The quantitative estimate of drug-likeness (QED) is 0.247. The standard InChI is InChI=1S/C26H29ClFN5O4S/c1-14(23(30)35)33(17-9-10-18(27)19(28)13-17)25-32-22(29)21(38-25)20(34)15-5-7-16(8-6-15)24(36)31-11-12-37-26(2,3)4/h5-10,13-14H,11-12,29H2,1-4H3,(H2,30,35)(H,31,36)/t14-/m1/s1. The first kappa shape index (κ1) is 29.0. The molecule has 2 aromatic carbocycles. The second-order valence-electron chi connectivity index (χ2n) is 9.38. The minimum atomic E-state index is -0.935. The minimum absolute atomic E-state index is 0.0632. The molecule has 9 nitrogen and oxygen atoms in total.